The summed E-state index contributed by atoms with van der Waals surface area (Å²) in [6, 6.07) is 14.9. The number of carbonyl (C=O) groups is 1. The van der Waals surface area contributed by atoms with Crippen molar-refractivity contribution in [1.82, 2.24) is 0 Å². The molecule has 0 radical (unpaired) electrons. The zero-order valence-corrected chi connectivity index (χ0v) is 21.6. The Hall–Kier alpha value is -3.59. The van der Waals surface area contributed by atoms with Crippen LogP contribution in [0.4, 0.5) is 17.6 Å². The van der Waals surface area contributed by atoms with E-state index in [1.54, 1.807) is 36.4 Å². The summed E-state index contributed by atoms with van der Waals surface area (Å²) in [5.74, 6) is -1.78. The summed E-state index contributed by atoms with van der Waals surface area (Å²) < 4.78 is 63.5. The summed E-state index contributed by atoms with van der Waals surface area (Å²) in [5, 5.41) is 19.0. The van der Waals surface area contributed by atoms with E-state index in [0.29, 0.717) is 16.9 Å². The lowest BCUT2D eigenvalue weighted by Crippen LogP contribution is -2.18. The topological polar surface area (TPSA) is 76.0 Å². The van der Waals surface area contributed by atoms with Crippen LogP contribution in [0, 0.1) is 11.2 Å². The molecule has 4 rings (SSSR count). The summed E-state index contributed by atoms with van der Waals surface area (Å²) in [5.41, 5.74) is 2.45. The molecule has 0 unspecified atom stereocenters. The van der Waals surface area contributed by atoms with Gasteiger partial charge in [0.15, 0.2) is 0 Å². The zero-order chi connectivity index (χ0) is 28.4. The molecule has 1 aliphatic rings. The molecular formula is C30H30F4O5. The highest BCUT2D eigenvalue weighted by molar-refractivity contribution is 5.71. The lowest BCUT2D eigenvalue weighted by molar-refractivity contribution is -0.274. The summed E-state index contributed by atoms with van der Waals surface area (Å²) in [6.45, 7) is 4.40. The molecule has 5 nitrogen and oxygen atoms in total. The van der Waals surface area contributed by atoms with Gasteiger partial charge in [0, 0.05) is 5.56 Å². The Bertz CT molecular complexity index is 1340. The van der Waals surface area contributed by atoms with E-state index in [4.69, 9.17) is 9.84 Å². The van der Waals surface area contributed by atoms with Crippen LogP contribution in [0.25, 0.3) is 11.1 Å². The second-order valence-corrected chi connectivity index (χ2v) is 10.5. The predicted octanol–water partition coefficient (Wildman–Crippen LogP) is 7.77. The predicted molar refractivity (Wildman–Crippen MR) is 137 cm³/mol. The highest BCUT2D eigenvalue weighted by Crippen LogP contribution is 2.51. The zero-order valence-electron chi connectivity index (χ0n) is 21.6. The summed E-state index contributed by atoms with van der Waals surface area (Å²) >= 11 is 0. The molecule has 0 spiro atoms. The summed E-state index contributed by atoms with van der Waals surface area (Å²) in [6.07, 6.45) is -3.71. The van der Waals surface area contributed by atoms with E-state index in [-0.39, 0.29) is 23.5 Å². The number of ether oxygens (including phenoxy) is 2. The van der Waals surface area contributed by atoms with Gasteiger partial charge in [0.25, 0.3) is 0 Å². The van der Waals surface area contributed by atoms with Crippen molar-refractivity contribution in [3.8, 4) is 22.6 Å². The van der Waals surface area contributed by atoms with Crippen LogP contribution >= 0.6 is 0 Å². The van der Waals surface area contributed by atoms with Gasteiger partial charge >= 0.3 is 12.3 Å². The second-order valence-electron chi connectivity index (χ2n) is 10.5. The van der Waals surface area contributed by atoms with Gasteiger partial charge in [-0.2, -0.15) is 0 Å². The first-order valence-electron chi connectivity index (χ1n) is 12.6. The number of aliphatic carboxylic acids is 1. The Morgan fingerprint density at radius 2 is 1.82 bits per heavy atom. The third-order valence-electron chi connectivity index (χ3n) is 7.23. The van der Waals surface area contributed by atoms with Gasteiger partial charge in [0.1, 0.15) is 23.9 Å². The SMILES string of the molecule is CC1(C)CCC[C@@H]1c1cc(COc2cccc([C@H](O)CC(=O)O)c2)ccc1-c1cc(OC(F)(F)F)ccc1F. The van der Waals surface area contributed by atoms with Crippen molar-refractivity contribution >= 4 is 5.97 Å². The molecule has 0 saturated heterocycles. The minimum Gasteiger partial charge on any atom is -0.489 e. The molecule has 208 valence electrons. The van der Waals surface area contributed by atoms with Crippen LogP contribution in [0.15, 0.2) is 60.7 Å². The molecule has 1 saturated carbocycles. The summed E-state index contributed by atoms with van der Waals surface area (Å²) in [7, 11) is 0. The highest BCUT2D eigenvalue weighted by atomic mass is 19.4. The number of aliphatic hydroxyl groups is 1. The number of carboxylic acid groups (broad SMARTS) is 1. The molecule has 39 heavy (non-hydrogen) atoms. The Morgan fingerprint density at radius 1 is 1.05 bits per heavy atom. The Labute approximate surface area is 224 Å². The Kier molecular flexibility index (Phi) is 8.20. The van der Waals surface area contributed by atoms with Crippen molar-refractivity contribution in [1.29, 1.82) is 0 Å². The number of halogens is 4. The van der Waals surface area contributed by atoms with Crippen LogP contribution in [0.5, 0.6) is 11.5 Å². The number of carboxylic acids is 1. The van der Waals surface area contributed by atoms with E-state index >= 15 is 0 Å². The third-order valence-corrected chi connectivity index (χ3v) is 7.23. The third kappa shape index (κ3) is 7.09. The van der Waals surface area contributed by atoms with Crippen LogP contribution in [0.2, 0.25) is 0 Å². The maximum Gasteiger partial charge on any atom is 0.573 e. The molecule has 2 atom stereocenters. The fourth-order valence-electron chi connectivity index (χ4n) is 5.31. The molecular weight excluding hydrogens is 516 g/mol. The van der Waals surface area contributed by atoms with Crippen molar-refractivity contribution < 1.29 is 42.0 Å². The highest BCUT2D eigenvalue weighted by Gasteiger charge is 2.37. The number of benzene rings is 3. The molecule has 1 fully saturated rings. The maximum absolute atomic E-state index is 15.0. The molecule has 2 N–H and O–H groups in total. The van der Waals surface area contributed by atoms with E-state index in [1.807, 2.05) is 6.07 Å². The molecule has 0 bridgehead atoms. The van der Waals surface area contributed by atoms with Crippen molar-refractivity contribution in [3.05, 3.63) is 83.2 Å². The minimum atomic E-state index is -4.90. The first-order chi connectivity index (χ1) is 18.3. The molecule has 0 heterocycles. The van der Waals surface area contributed by atoms with Crippen LogP contribution in [-0.2, 0) is 11.4 Å². The van der Waals surface area contributed by atoms with E-state index in [9.17, 15) is 27.5 Å². The van der Waals surface area contributed by atoms with Gasteiger partial charge in [0.2, 0.25) is 0 Å². The lowest BCUT2D eigenvalue weighted by Gasteiger charge is -2.30. The van der Waals surface area contributed by atoms with E-state index in [2.05, 4.69) is 18.6 Å². The number of alkyl halides is 3. The van der Waals surface area contributed by atoms with E-state index in [0.717, 1.165) is 48.6 Å². The average Bonchev–Trinajstić information content (AvgIpc) is 3.21. The smallest absolute Gasteiger partial charge is 0.489 e. The average molecular weight is 547 g/mol. The largest absolute Gasteiger partial charge is 0.573 e. The Balaban J connectivity index is 1.66. The van der Waals surface area contributed by atoms with E-state index in [1.165, 1.54) is 0 Å². The molecule has 0 aliphatic heterocycles. The van der Waals surface area contributed by atoms with Gasteiger partial charge in [-0.05, 0) is 76.8 Å². The minimum absolute atomic E-state index is 0.0297. The van der Waals surface area contributed by atoms with Crippen molar-refractivity contribution in [2.75, 3.05) is 0 Å². The number of rotatable bonds is 9. The fraction of sp³-hybridized carbons (Fsp3) is 0.367. The van der Waals surface area contributed by atoms with Crippen LogP contribution < -0.4 is 9.47 Å². The summed E-state index contributed by atoms with van der Waals surface area (Å²) in [4.78, 5) is 10.9. The monoisotopic (exact) mass is 546 g/mol. The van der Waals surface area contributed by atoms with Crippen LogP contribution in [0.1, 0.15) is 68.2 Å². The van der Waals surface area contributed by atoms with Crippen molar-refractivity contribution in [2.24, 2.45) is 5.41 Å². The molecule has 0 amide bonds. The van der Waals surface area contributed by atoms with Gasteiger partial charge < -0.3 is 19.7 Å². The molecule has 9 heteroatoms. The number of hydrogen-bond acceptors (Lipinski definition) is 4. The first-order valence-corrected chi connectivity index (χ1v) is 12.6. The van der Waals surface area contributed by atoms with Gasteiger partial charge in [-0.3, -0.25) is 4.79 Å². The van der Waals surface area contributed by atoms with Crippen molar-refractivity contribution in [3.63, 3.8) is 0 Å². The normalized spacial score (nSPS) is 17.6. The van der Waals surface area contributed by atoms with Crippen LogP contribution in [0.3, 0.4) is 0 Å². The van der Waals surface area contributed by atoms with Crippen molar-refractivity contribution in [2.45, 2.75) is 64.5 Å². The second kappa shape index (κ2) is 11.3. The molecule has 1 aliphatic carbocycles. The van der Waals surface area contributed by atoms with E-state index < -0.39 is 36.4 Å². The molecule has 3 aromatic carbocycles. The van der Waals surface area contributed by atoms with Gasteiger partial charge in [-0.25, -0.2) is 4.39 Å². The first kappa shape index (κ1) is 28.4. The molecule has 0 aromatic heterocycles. The van der Waals surface area contributed by atoms with Gasteiger partial charge in [-0.15, -0.1) is 13.2 Å². The lowest BCUT2D eigenvalue weighted by atomic mass is 9.75. The standard InChI is InChI=1S/C30H30F4O5/c1-29(2)12-4-7-25(29)23-13-18(17-38-20-6-3-5-19(14-20)27(35)16-28(36)37)8-10-22(23)24-15-21(9-11-26(24)31)39-30(32,33)34/h3,5-6,8-11,13-15,25,27,35H,4,7,12,16-17H2,1-2H3,(H,36,37)/t25-,27-/m1/s1. The quantitative estimate of drug-likeness (QED) is 0.268. The van der Waals surface area contributed by atoms with Gasteiger partial charge in [-0.1, -0.05) is 50.6 Å². The fourth-order valence-corrected chi connectivity index (χ4v) is 5.31. The van der Waals surface area contributed by atoms with Gasteiger partial charge in [0.05, 0.1) is 12.5 Å². The van der Waals surface area contributed by atoms with Crippen LogP contribution in [-0.4, -0.2) is 22.5 Å². The maximum atomic E-state index is 15.0. The Morgan fingerprint density at radius 3 is 2.49 bits per heavy atom. The number of hydrogen-bond donors (Lipinski definition) is 2. The number of aliphatic hydroxyl groups excluding tert-OH is 1. The molecule has 3 aromatic rings.